The molecule has 0 bridgehead atoms. The summed E-state index contributed by atoms with van der Waals surface area (Å²) in [7, 11) is 0. The third-order valence-corrected chi connectivity index (χ3v) is 3.39. The number of nitrogens with one attached hydrogen (secondary N) is 1. The summed E-state index contributed by atoms with van der Waals surface area (Å²) in [5.74, 6) is 0.140. The van der Waals surface area contributed by atoms with Crippen LogP contribution in [0.2, 0.25) is 0 Å². The molecule has 0 saturated carbocycles. The van der Waals surface area contributed by atoms with Crippen LogP contribution in [0.15, 0.2) is 49.9 Å². The van der Waals surface area contributed by atoms with E-state index in [1.54, 1.807) is 12.1 Å². The van der Waals surface area contributed by atoms with Crippen LogP contribution in [0, 0.1) is 6.92 Å². The summed E-state index contributed by atoms with van der Waals surface area (Å²) in [6.45, 7) is 2.02. The van der Waals surface area contributed by atoms with Gasteiger partial charge in [-0.1, -0.05) is 34.9 Å². The Balaban J connectivity index is 1.66. The molecule has 0 unspecified atom stereocenters. The van der Waals surface area contributed by atoms with Crippen LogP contribution in [0.1, 0.15) is 27.6 Å². The molecule has 1 aromatic carbocycles. The molecule has 0 radical (unpaired) electrons. The van der Waals surface area contributed by atoms with E-state index in [4.69, 9.17) is 8.83 Å². The summed E-state index contributed by atoms with van der Waals surface area (Å²) in [5, 5.41) is 10.2. The average Bonchev–Trinajstić information content (AvgIpc) is 3.11. The van der Waals surface area contributed by atoms with Gasteiger partial charge in [0.15, 0.2) is 10.4 Å². The van der Waals surface area contributed by atoms with Gasteiger partial charge in [-0.05, 0) is 40.5 Å². The monoisotopic (exact) mass is 361 g/mol. The minimum atomic E-state index is -0.448. The number of nitrogens with zero attached hydrogens (tertiary/aromatic N) is 2. The highest BCUT2D eigenvalue weighted by molar-refractivity contribution is 9.10. The standard InChI is InChI=1S/C15H12BrN3O3/c1-9-2-4-10(5-3-9)8-13-18-19-15(22-13)17-14(20)11-6-7-12(16)21-11/h2-7H,8H2,1H3,(H,17,19,20). The van der Waals surface area contributed by atoms with Crippen molar-refractivity contribution in [3.63, 3.8) is 0 Å². The minimum absolute atomic E-state index is 0.0413. The van der Waals surface area contributed by atoms with Gasteiger partial charge in [-0.3, -0.25) is 10.1 Å². The van der Waals surface area contributed by atoms with Crippen molar-refractivity contribution >= 4 is 27.9 Å². The number of carbonyl (C=O) groups excluding carboxylic acids is 1. The number of furan rings is 1. The van der Waals surface area contributed by atoms with Crippen LogP contribution in [-0.2, 0) is 6.42 Å². The highest BCUT2D eigenvalue weighted by Crippen LogP contribution is 2.16. The van der Waals surface area contributed by atoms with Gasteiger partial charge in [0, 0.05) is 0 Å². The number of hydrogen-bond acceptors (Lipinski definition) is 5. The zero-order valence-corrected chi connectivity index (χ0v) is 13.3. The van der Waals surface area contributed by atoms with E-state index in [0.717, 1.165) is 5.56 Å². The number of benzene rings is 1. The first-order valence-corrected chi connectivity index (χ1v) is 7.34. The fraction of sp³-hybridized carbons (Fsp3) is 0.133. The summed E-state index contributed by atoms with van der Waals surface area (Å²) in [5.41, 5.74) is 2.24. The Hall–Kier alpha value is -2.41. The van der Waals surface area contributed by atoms with Gasteiger partial charge in [-0.25, -0.2) is 0 Å². The summed E-state index contributed by atoms with van der Waals surface area (Å²) in [4.78, 5) is 11.9. The Morgan fingerprint density at radius 3 is 2.59 bits per heavy atom. The summed E-state index contributed by atoms with van der Waals surface area (Å²) in [6.07, 6.45) is 0.509. The lowest BCUT2D eigenvalue weighted by Crippen LogP contribution is -2.10. The number of aryl methyl sites for hydroxylation is 1. The van der Waals surface area contributed by atoms with E-state index >= 15 is 0 Å². The highest BCUT2D eigenvalue weighted by atomic mass is 79.9. The van der Waals surface area contributed by atoms with Crippen molar-refractivity contribution in [3.05, 3.63) is 63.8 Å². The van der Waals surface area contributed by atoms with E-state index in [1.807, 2.05) is 31.2 Å². The molecule has 0 fully saturated rings. The molecular weight excluding hydrogens is 350 g/mol. The van der Waals surface area contributed by atoms with E-state index in [2.05, 4.69) is 31.4 Å². The van der Waals surface area contributed by atoms with Gasteiger partial charge >= 0.3 is 6.01 Å². The van der Waals surface area contributed by atoms with E-state index in [9.17, 15) is 4.79 Å². The third kappa shape index (κ3) is 3.43. The average molecular weight is 362 g/mol. The van der Waals surface area contributed by atoms with Crippen LogP contribution in [-0.4, -0.2) is 16.1 Å². The molecule has 0 spiro atoms. The molecule has 0 aliphatic carbocycles. The molecule has 2 aromatic heterocycles. The predicted octanol–water partition coefficient (Wildman–Crippen LogP) is 3.58. The quantitative estimate of drug-likeness (QED) is 0.767. The Bertz CT molecular complexity index is 792. The second-order valence-corrected chi connectivity index (χ2v) is 5.50. The molecule has 2 heterocycles. The summed E-state index contributed by atoms with van der Waals surface area (Å²) < 4.78 is 11.0. The second-order valence-electron chi connectivity index (χ2n) is 4.72. The number of carbonyl (C=O) groups is 1. The minimum Gasteiger partial charge on any atom is -0.444 e. The lowest BCUT2D eigenvalue weighted by molar-refractivity contribution is 0.0992. The highest BCUT2D eigenvalue weighted by Gasteiger charge is 2.14. The molecule has 0 saturated heterocycles. The van der Waals surface area contributed by atoms with Gasteiger partial charge in [-0.2, -0.15) is 0 Å². The van der Waals surface area contributed by atoms with Gasteiger partial charge in [0.05, 0.1) is 6.42 Å². The smallest absolute Gasteiger partial charge is 0.322 e. The van der Waals surface area contributed by atoms with E-state index in [1.165, 1.54) is 5.56 Å². The van der Waals surface area contributed by atoms with Crippen molar-refractivity contribution in [2.45, 2.75) is 13.3 Å². The lowest BCUT2D eigenvalue weighted by Gasteiger charge is -1.98. The van der Waals surface area contributed by atoms with Crippen LogP contribution in [0.5, 0.6) is 0 Å². The maximum Gasteiger partial charge on any atom is 0.322 e. The Labute approximate surface area is 134 Å². The van der Waals surface area contributed by atoms with Crippen molar-refractivity contribution in [1.82, 2.24) is 10.2 Å². The van der Waals surface area contributed by atoms with Crippen LogP contribution in [0.25, 0.3) is 0 Å². The first-order chi connectivity index (χ1) is 10.6. The molecule has 112 valence electrons. The number of aromatic nitrogens is 2. The van der Waals surface area contributed by atoms with Crippen LogP contribution >= 0.6 is 15.9 Å². The van der Waals surface area contributed by atoms with Gasteiger partial charge in [0.25, 0.3) is 5.91 Å². The molecule has 1 N–H and O–H groups in total. The molecule has 0 aliphatic heterocycles. The molecule has 22 heavy (non-hydrogen) atoms. The Kier molecular flexibility index (Phi) is 4.06. The number of hydrogen-bond donors (Lipinski definition) is 1. The van der Waals surface area contributed by atoms with E-state index < -0.39 is 5.91 Å². The Morgan fingerprint density at radius 1 is 1.14 bits per heavy atom. The zero-order valence-electron chi connectivity index (χ0n) is 11.7. The number of anilines is 1. The third-order valence-electron chi connectivity index (χ3n) is 2.96. The summed E-state index contributed by atoms with van der Waals surface area (Å²) >= 11 is 3.13. The molecular formula is C15H12BrN3O3. The van der Waals surface area contributed by atoms with Crippen molar-refractivity contribution < 1.29 is 13.6 Å². The largest absolute Gasteiger partial charge is 0.444 e. The zero-order chi connectivity index (χ0) is 15.5. The van der Waals surface area contributed by atoms with Crippen LogP contribution in [0.3, 0.4) is 0 Å². The number of halogens is 1. The lowest BCUT2D eigenvalue weighted by atomic mass is 10.1. The fourth-order valence-electron chi connectivity index (χ4n) is 1.85. The molecule has 3 rings (SSSR count). The molecule has 1 amide bonds. The van der Waals surface area contributed by atoms with Crippen LogP contribution in [0.4, 0.5) is 6.01 Å². The van der Waals surface area contributed by atoms with Gasteiger partial charge in [-0.15, -0.1) is 5.10 Å². The molecule has 6 nitrogen and oxygen atoms in total. The molecule has 0 atom stereocenters. The molecule has 0 aliphatic rings. The SMILES string of the molecule is Cc1ccc(Cc2nnc(NC(=O)c3ccc(Br)o3)o2)cc1. The number of rotatable bonds is 4. The Morgan fingerprint density at radius 2 is 1.91 bits per heavy atom. The topological polar surface area (TPSA) is 81.2 Å². The van der Waals surface area contributed by atoms with E-state index in [0.29, 0.717) is 17.0 Å². The van der Waals surface area contributed by atoms with Gasteiger partial charge in [0.2, 0.25) is 5.89 Å². The van der Waals surface area contributed by atoms with Crippen molar-refractivity contribution in [2.75, 3.05) is 5.32 Å². The first kappa shape index (κ1) is 14.5. The normalized spacial score (nSPS) is 10.6. The maximum absolute atomic E-state index is 11.9. The summed E-state index contributed by atoms with van der Waals surface area (Å²) in [6, 6.07) is 11.2. The number of amides is 1. The second kappa shape index (κ2) is 6.15. The van der Waals surface area contributed by atoms with Crippen molar-refractivity contribution in [3.8, 4) is 0 Å². The molecule has 3 aromatic rings. The van der Waals surface area contributed by atoms with Crippen LogP contribution < -0.4 is 5.32 Å². The van der Waals surface area contributed by atoms with Crippen molar-refractivity contribution in [1.29, 1.82) is 0 Å². The maximum atomic E-state index is 11.9. The predicted molar refractivity (Wildman–Crippen MR) is 82.6 cm³/mol. The first-order valence-electron chi connectivity index (χ1n) is 6.55. The van der Waals surface area contributed by atoms with E-state index in [-0.39, 0.29) is 11.8 Å². The molecule has 7 heteroatoms. The van der Waals surface area contributed by atoms with Gasteiger partial charge in [0.1, 0.15) is 0 Å². The van der Waals surface area contributed by atoms with Crippen molar-refractivity contribution in [2.24, 2.45) is 0 Å². The fourth-order valence-corrected chi connectivity index (χ4v) is 2.16. The van der Waals surface area contributed by atoms with Gasteiger partial charge < -0.3 is 8.83 Å².